The molecule has 1 aromatic rings. The number of para-hydroxylation sites is 1. The second kappa shape index (κ2) is 4.82. The van der Waals surface area contributed by atoms with Crippen LogP contribution in [-0.2, 0) is 4.79 Å². The van der Waals surface area contributed by atoms with Crippen molar-refractivity contribution < 1.29 is 9.53 Å². The molecule has 2 rings (SSSR count). The topological polar surface area (TPSA) is 38.3 Å². The Morgan fingerprint density at radius 2 is 2.00 bits per heavy atom. The molecule has 1 amide bonds. The van der Waals surface area contributed by atoms with Crippen molar-refractivity contribution in [2.45, 2.75) is 25.4 Å². The van der Waals surface area contributed by atoms with E-state index < -0.39 is 0 Å². The number of carbonyl (C=O) groups excluding carboxylic acids is 1. The number of benzene rings is 1. The summed E-state index contributed by atoms with van der Waals surface area (Å²) < 4.78 is 5.64. The number of nitrogens with one attached hydrogen (secondary N) is 1. The van der Waals surface area contributed by atoms with E-state index in [1.165, 1.54) is 0 Å². The number of carbonyl (C=O) groups is 1. The minimum absolute atomic E-state index is 0.0105. The molecular formula is C12H15NO2. The Kier molecular flexibility index (Phi) is 3.22. The van der Waals surface area contributed by atoms with Gasteiger partial charge in [0.15, 0.2) is 6.10 Å². The largest absolute Gasteiger partial charge is 0.481 e. The van der Waals surface area contributed by atoms with Crippen LogP contribution in [0.15, 0.2) is 30.3 Å². The highest BCUT2D eigenvalue weighted by Gasteiger charge is 2.21. The lowest BCUT2D eigenvalue weighted by molar-refractivity contribution is -0.127. The van der Waals surface area contributed by atoms with Gasteiger partial charge < -0.3 is 10.1 Å². The zero-order chi connectivity index (χ0) is 10.5. The molecule has 1 N–H and O–H groups in total. The quantitative estimate of drug-likeness (QED) is 0.798. The van der Waals surface area contributed by atoms with Crippen LogP contribution in [0.3, 0.4) is 0 Å². The Bertz CT molecular complexity index is 324. The Morgan fingerprint density at radius 1 is 1.20 bits per heavy atom. The van der Waals surface area contributed by atoms with Crippen molar-refractivity contribution in [3.8, 4) is 5.75 Å². The van der Waals surface area contributed by atoms with E-state index in [0.717, 1.165) is 31.6 Å². The summed E-state index contributed by atoms with van der Waals surface area (Å²) in [6.45, 7) is 0.771. The first kappa shape index (κ1) is 10.0. The molecule has 0 aliphatic carbocycles. The van der Waals surface area contributed by atoms with Crippen molar-refractivity contribution in [1.29, 1.82) is 0 Å². The molecule has 1 unspecified atom stereocenters. The van der Waals surface area contributed by atoms with Crippen molar-refractivity contribution in [1.82, 2.24) is 5.32 Å². The van der Waals surface area contributed by atoms with E-state index in [-0.39, 0.29) is 12.0 Å². The Hall–Kier alpha value is -1.51. The molecule has 1 atom stereocenters. The van der Waals surface area contributed by atoms with Gasteiger partial charge in [-0.2, -0.15) is 0 Å². The highest BCUT2D eigenvalue weighted by molar-refractivity contribution is 5.81. The number of amides is 1. The molecule has 0 radical (unpaired) electrons. The summed E-state index contributed by atoms with van der Waals surface area (Å²) in [4.78, 5) is 11.6. The van der Waals surface area contributed by atoms with Gasteiger partial charge in [-0.15, -0.1) is 0 Å². The number of hydrogen-bond donors (Lipinski definition) is 1. The van der Waals surface area contributed by atoms with Crippen LogP contribution in [-0.4, -0.2) is 18.6 Å². The lowest BCUT2D eigenvalue weighted by atomic mass is 10.2. The molecule has 1 saturated heterocycles. The fourth-order valence-corrected chi connectivity index (χ4v) is 1.69. The molecule has 3 nitrogen and oxygen atoms in total. The third-order valence-electron chi connectivity index (χ3n) is 2.51. The van der Waals surface area contributed by atoms with Gasteiger partial charge in [-0.25, -0.2) is 0 Å². The van der Waals surface area contributed by atoms with Crippen LogP contribution < -0.4 is 10.1 Å². The van der Waals surface area contributed by atoms with Gasteiger partial charge in [-0.05, 0) is 31.4 Å². The van der Waals surface area contributed by atoms with E-state index in [4.69, 9.17) is 4.74 Å². The zero-order valence-electron chi connectivity index (χ0n) is 8.61. The molecule has 0 spiro atoms. The number of ether oxygens (including phenoxy) is 1. The third-order valence-corrected chi connectivity index (χ3v) is 2.51. The first-order valence-corrected chi connectivity index (χ1v) is 5.36. The number of rotatable bonds is 2. The minimum Gasteiger partial charge on any atom is -0.481 e. The summed E-state index contributed by atoms with van der Waals surface area (Å²) in [5, 5.41) is 2.85. The first-order chi connectivity index (χ1) is 7.36. The minimum atomic E-state index is -0.324. The Morgan fingerprint density at radius 3 is 2.80 bits per heavy atom. The molecular weight excluding hydrogens is 190 g/mol. The molecule has 80 valence electrons. The average Bonchev–Trinajstić information content (AvgIpc) is 2.46. The number of hydrogen-bond acceptors (Lipinski definition) is 2. The van der Waals surface area contributed by atoms with E-state index in [1.807, 2.05) is 30.3 Å². The molecule has 1 aromatic carbocycles. The molecule has 0 saturated carbocycles. The van der Waals surface area contributed by atoms with Crippen molar-refractivity contribution in [2.75, 3.05) is 6.54 Å². The van der Waals surface area contributed by atoms with Crippen molar-refractivity contribution in [2.24, 2.45) is 0 Å². The molecule has 3 heteroatoms. The molecule has 1 aliphatic rings. The SMILES string of the molecule is O=C1NCCCCC1Oc1ccccc1. The van der Waals surface area contributed by atoms with Gasteiger partial charge in [0.25, 0.3) is 5.91 Å². The molecule has 1 heterocycles. The van der Waals surface area contributed by atoms with Gasteiger partial charge in [0, 0.05) is 6.54 Å². The highest BCUT2D eigenvalue weighted by atomic mass is 16.5. The predicted molar refractivity (Wildman–Crippen MR) is 57.7 cm³/mol. The normalized spacial score (nSPS) is 21.6. The average molecular weight is 205 g/mol. The lowest BCUT2D eigenvalue weighted by Crippen LogP contribution is -2.36. The maximum Gasteiger partial charge on any atom is 0.261 e. The van der Waals surface area contributed by atoms with Crippen LogP contribution >= 0.6 is 0 Å². The van der Waals surface area contributed by atoms with Crippen LogP contribution in [0.5, 0.6) is 5.75 Å². The lowest BCUT2D eigenvalue weighted by Gasteiger charge is -2.15. The molecule has 0 aromatic heterocycles. The second-order valence-electron chi connectivity index (χ2n) is 3.71. The van der Waals surface area contributed by atoms with Gasteiger partial charge in [0.05, 0.1) is 0 Å². The van der Waals surface area contributed by atoms with Gasteiger partial charge in [0.2, 0.25) is 0 Å². The van der Waals surface area contributed by atoms with E-state index in [0.29, 0.717) is 0 Å². The monoisotopic (exact) mass is 205 g/mol. The summed E-state index contributed by atoms with van der Waals surface area (Å²) >= 11 is 0. The summed E-state index contributed by atoms with van der Waals surface area (Å²) in [5.74, 6) is 0.774. The summed E-state index contributed by atoms with van der Waals surface area (Å²) in [6, 6.07) is 9.49. The molecule has 1 aliphatic heterocycles. The second-order valence-corrected chi connectivity index (χ2v) is 3.71. The van der Waals surface area contributed by atoms with Gasteiger partial charge in [0.1, 0.15) is 5.75 Å². The van der Waals surface area contributed by atoms with Crippen molar-refractivity contribution >= 4 is 5.91 Å². The maximum absolute atomic E-state index is 11.6. The van der Waals surface area contributed by atoms with E-state index in [9.17, 15) is 4.79 Å². The van der Waals surface area contributed by atoms with Crippen LogP contribution in [0.25, 0.3) is 0 Å². The zero-order valence-corrected chi connectivity index (χ0v) is 8.61. The molecule has 15 heavy (non-hydrogen) atoms. The van der Waals surface area contributed by atoms with E-state index >= 15 is 0 Å². The predicted octanol–water partition coefficient (Wildman–Crippen LogP) is 1.73. The Balaban J connectivity index is 2.01. The van der Waals surface area contributed by atoms with Gasteiger partial charge >= 0.3 is 0 Å². The third kappa shape index (κ3) is 2.72. The van der Waals surface area contributed by atoms with Gasteiger partial charge in [-0.1, -0.05) is 18.2 Å². The van der Waals surface area contributed by atoms with Crippen LogP contribution in [0.1, 0.15) is 19.3 Å². The standard InChI is InChI=1S/C12H15NO2/c14-12-11(8-4-5-9-13-12)15-10-6-2-1-3-7-10/h1-3,6-7,11H,4-5,8-9H2,(H,13,14). The van der Waals surface area contributed by atoms with Crippen molar-refractivity contribution in [3.63, 3.8) is 0 Å². The smallest absolute Gasteiger partial charge is 0.261 e. The first-order valence-electron chi connectivity index (χ1n) is 5.36. The fourth-order valence-electron chi connectivity index (χ4n) is 1.69. The van der Waals surface area contributed by atoms with Crippen LogP contribution in [0.4, 0.5) is 0 Å². The summed E-state index contributed by atoms with van der Waals surface area (Å²) in [7, 11) is 0. The van der Waals surface area contributed by atoms with Crippen molar-refractivity contribution in [3.05, 3.63) is 30.3 Å². The van der Waals surface area contributed by atoms with Crippen LogP contribution in [0, 0.1) is 0 Å². The fraction of sp³-hybridized carbons (Fsp3) is 0.417. The maximum atomic E-state index is 11.6. The van der Waals surface area contributed by atoms with E-state index in [2.05, 4.69) is 5.32 Å². The Labute approximate surface area is 89.4 Å². The van der Waals surface area contributed by atoms with Gasteiger partial charge in [-0.3, -0.25) is 4.79 Å². The summed E-state index contributed by atoms with van der Waals surface area (Å²) in [6.07, 6.45) is 2.56. The van der Waals surface area contributed by atoms with Crippen LogP contribution in [0.2, 0.25) is 0 Å². The summed E-state index contributed by atoms with van der Waals surface area (Å²) in [5.41, 5.74) is 0. The molecule has 0 bridgehead atoms. The van der Waals surface area contributed by atoms with E-state index in [1.54, 1.807) is 0 Å². The molecule has 1 fully saturated rings. The highest BCUT2D eigenvalue weighted by Crippen LogP contribution is 2.15.